The molecule has 56 valence electrons. The molecule has 0 aliphatic rings. The van der Waals surface area contributed by atoms with Crippen LogP contribution >= 0.6 is 11.3 Å². The highest BCUT2D eigenvalue weighted by atomic mass is 32.1. The van der Waals surface area contributed by atoms with Gasteiger partial charge < -0.3 is 5.73 Å². The Morgan fingerprint density at radius 3 is 2.40 bits per heavy atom. The summed E-state index contributed by atoms with van der Waals surface area (Å²) in [5.41, 5.74) is 7.88. The molecule has 0 atom stereocenters. The van der Waals surface area contributed by atoms with Gasteiger partial charge in [0.2, 0.25) is 0 Å². The second kappa shape index (κ2) is 5.99. The summed E-state index contributed by atoms with van der Waals surface area (Å²) < 4.78 is 0. The molecule has 1 heterocycles. The number of hydrogen-bond acceptors (Lipinski definition) is 4. The first-order valence-electron chi connectivity index (χ1n) is 2.35. The number of urea groups is 1. The maximum absolute atomic E-state index is 9.35. The van der Waals surface area contributed by atoms with Crippen molar-refractivity contribution in [1.29, 1.82) is 0 Å². The number of thiazole rings is 1. The van der Waals surface area contributed by atoms with Crippen molar-refractivity contribution >= 4 is 17.4 Å². The third kappa shape index (κ3) is 6.86. The molecule has 1 rings (SSSR count). The average molecular weight is 160 g/mol. The highest BCUT2D eigenvalue weighted by molar-refractivity contribution is 7.07. The highest BCUT2D eigenvalue weighted by Crippen LogP contribution is 1.85. The largest absolute Gasteiger partial charge is 0.351 e. The van der Waals surface area contributed by atoms with Gasteiger partial charge in [0.15, 0.2) is 0 Å². The van der Waals surface area contributed by atoms with E-state index in [1.54, 1.807) is 28.5 Å². The quantitative estimate of drug-likeness (QED) is 0.275. The first-order valence-corrected chi connectivity index (χ1v) is 3.30. The van der Waals surface area contributed by atoms with Gasteiger partial charge in [-0.3, -0.25) is 10.4 Å². The summed E-state index contributed by atoms with van der Waals surface area (Å²) in [6.07, 6.45) is 1.77. The first-order chi connectivity index (χ1) is 4.77. The number of nitrogens with zero attached hydrogens (tertiary/aromatic N) is 1. The molecule has 0 aromatic carbocycles. The van der Waals surface area contributed by atoms with Crippen LogP contribution in [0.5, 0.6) is 0 Å². The summed E-state index contributed by atoms with van der Waals surface area (Å²) in [6.45, 7) is 0. The molecule has 2 amide bonds. The van der Waals surface area contributed by atoms with Crippen LogP contribution in [-0.4, -0.2) is 11.0 Å². The molecule has 5 N–H and O–H groups in total. The number of primary amides is 1. The summed E-state index contributed by atoms with van der Waals surface area (Å²) in [6, 6.07) is -0.718. The third-order valence-electron chi connectivity index (χ3n) is 0.489. The van der Waals surface area contributed by atoms with Crippen LogP contribution in [0.15, 0.2) is 17.1 Å². The molecule has 0 spiro atoms. The third-order valence-corrected chi connectivity index (χ3v) is 1.01. The van der Waals surface area contributed by atoms with E-state index in [0.717, 1.165) is 0 Å². The van der Waals surface area contributed by atoms with E-state index in [0.29, 0.717) is 0 Å². The van der Waals surface area contributed by atoms with Crippen LogP contribution in [0.25, 0.3) is 0 Å². The number of nitrogens with one attached hydrogen (secondary N) is 1. The molecule has 0 radical (unpaired) electrons. The summed E-state index contributed by atoms with van der Waals surface area (Å²) >= 11 is 1.60. The number of aromatic nitrogens is 1. The van der Waals surface area contributed by atoms with Crippen LogP contribution in [0.1, 0.15) is 0 Å². The normalized spacial score (nSPS) is 7.30. The van der Waals surface area contributed by atoms with Crippen molar-refractivity contribution in [3.8, 4) is 0 Å². The number of hydrogen-bond donors (Lipinski definition) is 3. The van der Waals surface area contributed by atoms with E-state index < -0.39 is 6.03 Å². The Balaban J connectivity index is 0.000000162. The lowest BCUT2D eigenvalue weighted by Gasteiger charge is -1.81. The molecule has 0 aliphatic heterocycles. The molecular formula is C4H8N4OS. The van der Waals surface area contributed by atoms with Gasteiger partial charge in [-0.15, -0.1) is 11.3 Å². The lowest BCUT2D eigenvalue weighted by atomic mass is 11.0. The molecule has 5 nitrogen and oxygen atoms in total. The molecule has 1 aromatic heterocycles. The van der Waals surface area contributed by atoms with Crippen molar-refractivity contribution < 1.29 is 4.79 Å². The zero-order valence-electron chi connectivity index (χ0n) is 5.15. The molecule has 0 fully saturated rings. The maximum atomic E-state index is 9.35. The van der Waals surface area contributed by atoms with E-state index in [2.05, 4.69) is 16.6 Å². The number of amides is 2. The van der Waals surface area contributed by atoms with E-state index in [4.69, 9.17) is 0 Å². The Labute approximate surface area is 62.0 Å². The SMILES string of the molecule is NNC(N)=O.c1cscn1. The summed E-state index contributed by atoms with van der Waals surface area (Å²) in [5, 5.41) is 1.93. The zero-order chi connectivity index (χ0) is 7.82. The van der Waals surface area contributed by atoms with Crippen LogP contribution in [0, 0.1) is 0 Å². The lowest BCUT2D eigenvalue weighted by Crippen LogP contribution is -2.34. The summed E-state index contributed by atoms with van der Waals surface area (Å²) in [7, 11) is 0. The number of carbonyl (C=O) groups is 1. The molecule has 1 aromatic rings. The standard InChI is InChI=1S/C3H3NS.CH5N3O/c1-2-5-3-4-1;2-1(5)4-3/h1-3H;3H2,(H3,2,4,5). The van der Waals surface area contributed by atoms with Gasteiger partial charge in [-0.2, -0.15) is 0 Å². The number of rotatable bonds is 0. The Morgan fingerprint density at radius 1 is 1.70 bits per heavy atom. The van der Waals surface area contributed by atoms with Gasteiger partial charge in [0, 0.05) is 11.6 Å². The number of carbonyl (C=O) groups excluding carboxylic acids is 1. The minimum atomic E-state index is -0.718. The molecule has 0 aliphatic carbocycles. The van der Waals surface area contributed by atoms with Gasteiger partial charge in [-0.1, -0.05) is 0 Å². The number of nitrogens with two attached hydrogens (primary N) is 2. The maximum Gasteiger partial charge on any atom is 0.326 e. The second-order valence-corrected chi connectivity index (χ2v) is 1.94. The Kier molecular flexibility index (Phi) is 5.30. The summed E-state index contributed by atoms with van der Waals surface area (Å²) in [4.78, 5) is 13.1. The van der Waals surface area contributed by atoms with Crippen molar-refractivity contribution in [1.82, 2.24) is 10.4 Å². The van der Waals surface area contributed by atoms with Gasteiger partial charge in [0.25, 0.3) is 0 Å². The molecule has 0 saturated heterocycles. The molecule has 6 heteroatoms. The van der Waals surface area contributed by atoms with Crippen LogP contribution in [-0.2, 0) is 0 Å². The van der Waals surface area contributed by atoms with Crippen LogP contribution in [0.3, 0.4) is 0 Å². The Morgan fingerprint density at radius 2 is 2.30 bits per heavy atom. The molecular weight excluding hydrogens is 152 g/mol. The Hall–Kier alpha value is -1.14. The first kappa shape index (κ1) is 8.86. The molecule has 0 bridgehead atoms. The minimum Gasteiger partial charge on any atom is -0.351 e. The minimum absolute atomic E-state index is 0.718. The second-order valence-electron chi connectivity index (χ2n) is 1.18. The summed E-state index contributed by atoms with van der Waals surface area (Å²) in [5.74, 6) is 4.45. The predicted octanol–water partition coefficient (Wildman–Crippen LogP) is -0.329. The van der Waals surface area contributed by atoms with Gasteiger partial charge in [-0.05, 0) is 0 Å². The highest BCUT2D eigenvalue weighted by Gasteiger charge is 1.73. The van der Waals surface area contributed by atoms with Crippen molar-refractivity contribution in [3.63, 3.8) is 0 Å². The van der Waals surface area contributed by atoms with E-state index >= 15 is 0 Å². The van der Waals surface area contributed by atoms with Crippen molar-refractivity contribution in [2.45, 2.75) is 0 Å². The van der Waals surface area contributed by atoms with Crippen molar-refractivity contribution in [2.75, 3.05) is 0 Å². The fourth-order valence-corrected chi connectivity index (χ4v) is 0.527. The molecule has 0 unspecified atom stereocenters. The molecule has 0 saturated carbocycles. The Bertz CT molecular complexity index is 147. The van der Waals surface area contributed by atoms with Gasteiger partial charge in [0.1, 0.15) is 0 Å². The van der Waals surface area contributed by atoms with Gasteiger partial charge in [0.05, 0.1) is 5.51 Å². The van der Waals surface area contributed by atoms with Gasteiger partial charge in [-0.25, -0.2) is 10.6 Å². The van der Waals surface area contributed by atoms with Crippen LogP contribution < -0.4 is 17.0 Å². The van der Waals surface area contributed by atoms with Gasteiger partial charge >= 0.3 is 6.03 Å². The fraction of sp³-hybridized carbons (Fsp3) is 0. The smallest absolute Gasteiger partial charge is 0.326 e. The van der Waals surface area contributed by atoms with E-state index in [1.807, 2.05) is 5.38 Å². The lowest BCUT2D eigenvalue weighted by molar-refractivity contribution is 0.249. The van der Waals surface area contributed by atoms with Crippen LogP contribution in [0.2, 0.25) is 0 Å². The number of hydrazine groups is 1. The van der Waals surface area contributed by atoms with Crippen molar-refractivity contribution in [2.24, 2.45) is 11.6 Å². The molecule has 10 heavy (non-hydrogen) atoms. The fourth-order valence-electron chi connectivity index (χ4n) is 0.176. The van der Waals surface area contributed by atoms with E-state index in [9.17, 15) is 4.79 Å². The van der Waals surface area contributed by atoms with Crippen LogP contribution in [0.4, 0.5) is 4.79 Å². The predicted molar refractivity (Wildman–Crippen MR) is 39.0 cm³/mol. The topological polar surface area (TPSA) is 94.0 Å². The zero-order valence-corrected chi connectivity index (χ0v) is 5.97. The van der Waals surface area contributed by atoms with Crippen molar-refractivity contribution in [3.05, 3.63) is 17.1 Å². The van der Waals surface area contributed by atoms with E-state index in [1.165, 1.54) is 0 Å². The monoisotopic (exact) mass is 160 g/mol. The average Bonchev–Trinajstić information content (AvgIpc) is 2.43. The van der Waals surface area contributed by atoms with E-state index in [-0.39, 0.29) is 0 Å².